The number of ketones is 1. The molecule has 0 unspecified atom stereocenters. The Labute approximate surface area is 103 Å². The number of carbonyl (C=O) groups excluding carboxylic acids is 1. The number of carbonyl (C=O) groups is 1. The molecule has 1 aromatic rings. The predicted octanol–water partition coefficient (Wildman–Crippen LogP) is 1.45. The molecule has 1 N–H and O–H groups in total. The molecule has 0 bridgehead atoms. The molecule has 1 aliphatic rings. The Balaban J connectivity index is 2.59. The van der Waals surface area contributed by atoms with Gasteiger partial charge in [0, 0.05) is 13.8 Å². The Morgan fingerprint density at radius 2 is 2.35 bits per heavy atom. The lowest BCUT2D eigenvalue weighted by atomic mass is 10.1. The van der Waals surface area contributed by atoms with Crippen molar-refractivity contribution in [3.8, 4) is 0 Å². The molecule has 0 aliphatic carbocycles. The van der Waals surface area contributed by atoms with Crippen molar-refractivity contribution in [1.29, 1.82) is 0 Å². The molecule has 2 atom stereocenters. The first-order chi connectivity index (χ1) is 7.90. The van der Waals surface area contributed by atoms with Gasteiger partial charge in [0.05, 0.1) is 4.88 Å². The van der Waals surface area contributed by atoms with Gasteiger partial charge in [0.15, 0.2) is 0 Å². The maximum absolute atomic E-state index is 12.3. The van der Waals surface area contributed by atoms with E-state index in [0.29, 0.717) is 10.5 Å². The molecule has 2 heterocycles. The molecule has 0 radical (unpaired) electrons. The minimum absolute atomic E-state index is 0.381. The standard InChI is InChI=1S/C11H14N2O3S/c1-7-10(9-5-4-6-17-9)13(16)11(3,8(2)14)12(7)15/h4-7,15H,1-3H3/t7-,11+/m0/s1. The van der Waals surface area contributed by atoms with Gasteiger partial charge >= 0.3 is 5.66 Å². The Bertz CT molecular complexity index is 483. The molecule has 1 aromatic heterocycles. The number of hydroxylamine groups is 3. The first-order valence-corrected chi connectivity index (χ1v) is 6.16. The van der Waals surface area contributed by atoms with Crippen LogP contribution in [0.4, 0.5) is 0 Å². The summed E-state index contributed by atoms with van der Waals surface area (Å²) in [5, 5.41) is 24.9. The Hall–Kier alpha value is -1.24. The summed E-state index contributed by atoms with van der Waals surface area (Å²) in [6, 6.07) is 3.14. The third-order valence-corrected chi connectivity index (χ3v) is 4.16. The molecule has 2 rings (SSSR count). The van der Waals surface area contributed by atoms with Crippen molar-refractivity contribution in [3.63, 3.8) is 0 Å². The zero-order valence-electron chi connectivity index (χ0n) is 9.88. The monoisotopic (exact) mass is 254 g/mol. The van der Waals surface area contributed by atoms with Crippen molar-refractivity contribution in [3.05, 3.63) is 27.6 Å². The summed E-state index contributed by atoms with van der Waals surface area (Å²) in [4.78, 5) is 12.4. The van der Waals surface area contributed by atoms with Gasteiger partial charge in [-0.2, -0.15) is 4.74 Å². The van der Waals surface area contributed by atoms with E-state index in [9.17, 15) is 15.2 Å². The summed E-state index contributed by atoms with van der Waals surface area (Å²) >= 11 is 1.41. The van der Waals surface area contributed by atoms with Gasteiger partial charge in [0.1, 0.15) is 6.04 Å². The van der Waals surface area contributed by atoms with Crippen molar-refractivity contribution < 1.29 is 14.7 Å². The molecular formula is C11H14N2O3S. The summed E-state index contributed by atoms with van der Waals surface area (Å²) in [6.45, 7) is 4.44. The van der Waals surface area contributed by atoms with E-state index in [1.807, 2.05) is 11.4 Å². The van der Waals surface area contributed by atoms with Crippen LogP contribution < -0.4 is 0 Å². The maximum atomic E-state index is 12.3. The van der Waals surface area contributed by atoms with E-state index in [4.69, 9.17) is 0 Å². The maximum Gasteiger partial charge on any atom is 0.307 e. The molecular weight excluding hydrogens is 240 g/mol. The molecule has 5 nitrogen and oxygen atoms in total. The smallest absolute Gasteiger partial charge is 0.307 e. The molecule has 0 fully saturated rings. The minimum atomic E-state index is -1.53. The molecule has 0 saturated carbocycles. The Morgan fingerprint density at radius 3 is 2.76 bits per heavy atom. The van der Waals surface area contributed by atoms with Crippen LogP contribution in [-0.2, 0) is 4.79 Å². The summed E-state index contributed by atoms with van der Waals surface area (Å²) in [7, 11) is 0. The van der Waals surface area contributed by atoms with Gasteiger partial charge in [-0.1, -0.05) is 6.07 Å². The average molecular weight is 254 g/mol. The van der Waals surface area contributed by atoms with E-state index < -0.39 is 11.7 Å². The number of hydrogen-bond acceptors (Lipinski definition) is 5. The highest BCUT2D eigenvalue weighted by molar-refractivity contribution is 7.12. The third kappa shape index (κ3) is 1.52. The normalized spacial score (nSPS) is 30.0. The molecule has 6 heteroatoms. The van der Waals surface area contributed by atoms with E-state index in [-0.39, 0.29) is 5.78 Å². The fourth-order valence-corrected chi connectivity index (χ4v) is 2.86. The number of hydrogen-bond donors (Lipinski definition) is 1. The second-order valence-corrected chi connectivity index (χ2v) is 5.20. The van der Waals surface area contributed by atoms with E-state index in [1.165, 1.54) is 25.2 Å². The van der Waals surface area contributed by atoms with Crippen molar-refractivity contribution in [1.82, 2.24) is 5.06 Å². The van der Waals surface area contributed by atoms with Crippen LogP contribution in [0.25, 0.3) is 0 Å². The van der Waals surface area contributed by atoms with Crippen molar-refractivity contribution in [2.45, 2.75) is 32.5 Å². The lowest BCUT2D eigenvalue weighted by Gasteiger charge is -2.26. The van der Waals surface area contributed by atoms with Crippen molar-refractivity contribution in [2.24, 2.45) is 0 Å². The highest BCUT2D eigenvalue weighted by Crippen LogP contribution is 2.29. The van der Waals surface area contributed by atoms with Crippen molar-refractivity contribution in [2.75, 3.05) is 0 Å². The highest BCUT2D eigenvalue weighted by Gasteiger charge is 2.56. The second kappa shape index (κ2) is 3.90. The van der Waals surface area contributed by atoms with Crippen LogP contribution in [0.15, 0.2) is 17.5 Å². The van der Waals surface area contributed by atoms with Gasteiger partial charge in [-0.3, -0.25) is 4.79 Å². The van der Waals surface area contributed by atoms with Crippen LogP contribution in [0.2, 0.25) is 0 Å². The predicted molar refractivity (Wildman–Crippen MR) is 64.2 cm³/mol. The van der Waals surface area contributed by atoms with Gasteiger partial charge in [-0.15, -0.1) is 16.4 Å². The molecule has 0 saturated heterocycles. The summed E-state index contributed by atoms with van der Waals surface area (Å²) < 4.78 is 0.617. The van der Waals surface area contributed by atoms with Crippen LogP contribution in [0.3, 0.4) is 0 Å². The third-order valence-electron chi connectivity index (χ3n) is 3.26. The van der Waals surface area contributed by atoms with Crippen molar-refractivity contribution >= 4 is 22.8 Å². The van der Waals surface area contributed by atoms with Crippen LogP contribution >= 0.6 is 11.3 Å². The van der Waals surface area contributed by atoms with E-state index in [1.54, 1.807) is 13.0 Å². The van der Waals surface area contributed by atoms with Gasteiger partial charge in [0.25, 0.3) is 0 Å². The van der Waals surface area contributed by atoms with E-state index in [2.05, 4.69) is 0 Å². The van der Waals surface area contributed by atoms with Gasteiger partial charge in [-0.25, -0.2) is 0 Å². The molecule has 0 amide bonds. The molecule has 1 aliphatic heterocycles. The number of rotatable bonds is 2. The topological polar surface area (TPSA) is 66.6 Å². The van der Waals surface area contributed by atoms with Gasteiger partial charge in [-0.05, 0) is 18.4 Å². The lowest BCUT2D eigenvalue weighted by Crippen LogP contribution is -2.53. The molecule has 17 heavy (non-hydrogen) atoms. The first-order valence-electron chi connectivity index (χ1n) is 5.28. The second-order valence-electron chi connectivity index (χ2n) is 4.25. The zero-order chi connectivity index (χ0) is 12.8. The first kappa shape index (κ1) is 12.2. The van der Waals surface area contributed by atoms with Crippen LogP contribution in [0.5, 0.6) is 0 Å². The van der Waals surface area contributed by atoms with Crippen LogP contribution in [0.1, 0.15) is 25.6 Å². The zero-order valence-corrected chi connectivity index (χ0v) is 10.7. The SMILES string of the molecule is CC(=O)[C@]1(C)N(O)[C@@H](C)C(c2cccs2)=[N+]1[O-]. The van der Waals surface area contributed by atoms with Gasteiger partial charge in [0.2, 0.25) is 11.5 Å². The largest absolute Gasteiger partial charge is 0.622 e. The minimum Gasteiger partial charge on any atom is -0.622 e. The molecule has 0 aromatic carbocycles. The van der Waals surface area contributed by atoms with Gasteiger partial charge < -0.3 is 10.4 Å². The summed E-state index contributed by atoms with van der Waals surface area (Å²) in [5.74, 6) is -0.381. The quantitative estimate of drug-likeness (QED) is 0.640. The number of thiophene rings is 1. The molecule has 0 spiro atoms. The number of nitrogens with zero attached hydrogens (tertiary/aromatic N) is 2. The number of Topliss-reactive ketones (excluding diaryl/α,β-unsaturated/α-hetero) is 1. The Kier molecular flexibility index (Phi) is 2.81. The average Bonchev–Trinajstić information content (AvgIpc) is 2.84. The van der Waals surface area contributed by atoms with Crippen LogP contribution in [-0.4, -0.2) is 38.2 Å². The molecule has 92 valence electrons. The highest BCUT2D eigenvalue weighted by atomic mass is 32.1. The lowest BCUT2D eigenvalue weighted by molar-refractivity contribution is -0.564. The fourth-order valence-electron chi connectivity index (χ4n) is 2.02. The fraction of sp³-hybridized carbons (Fsp3) is 0.455. The van der Waals surface area contributed by atoms with Crippen LogP contribution in [0, 0.1) is 5.21 Å². The summed E-state index contributed by atoms with van der Waals surface area (Å²) in [5.41, 5.74) is -1.10. The Morgan fingerprint density at radius 1 is 1.71 bits per heavy atom. The summed E-state index contributed by atoms with van der Waals surface area (Å²) in [6.07, 6.45) is 0. The van der Waals surface area contributed by atoms with E-state index >= 15 is 0 Å². The van der Waals surface area contributed by atoms with E-state index in [0.717, 1.165) is 9.94 Å².